The average molecular weight is 362 g/mol. The molecular weight excluding hydrogens is 340 g/mol. The Kier molecular flexibility index (Phi) is 4.91. The van der Waals surface area contributed by atoms with Gasteiger partial charge in [0.15, 0.2) is 5.82 Å². The lowest BCUT2D eigenvalue weighted by Crippen LogP contribution is -2.40. The van der Waals surface area contributed by atoms with E-state index in [9.17, 15) is 4.79 Å². The van der Waals surface area contributed by atoms with Crippen molar-refractivity contribution in [2.45, 2.75) is 26.2 Å². The van der Waals surface area contributed by atoms with Crippen LogP contribution in [0.5, 0.6) is 0 Å². The first kappa shape index (κ1) is 17.3. The predicted molar refractivity (Wildman–Crippen MR) is 101 cm³/mol. The van der Waals surface area contributed by atoms with E-state index in [1.807, 2.05) is 30.2 Å². The maximum atomic E-state index is 12.7. The second-order valence-corrected chi connectivity index (χ2v) is 6.98. The van der Waals surface area contributed by atoms with E-state index < -0.39 is 0 Å². The van der Waals surface area contributed by atoms with Gasteiger partial charge in [-0.3, -0.25) is 14.8 Å². The highest BCUT2D eigenvalue weighted by Gasteiger charge is 2.25. The van der Waals surface area contributed by atoms with Crippen LogP contribution < -0.4 is 0 Å². The summed E-state index contributed by atoms with van der Waals surface area (Å²) in [5.41, 5.74) is 3.25. The van der Waals surface area contributed by atoms with Gasteiger partial charge in [0.2, 0.25) is 0 Å². The SMILES string of the molecule is Cc1ccc(C(=O)N2CCCC(Cc3cnc(-c4ncc[nH]4)cn3)C2)cn1. The molecule has 0 aromatic carbocycles. The second kappa shape index (κ2) is 7.65. The first-order valence-electron chi connectivity index (χ1n) is 9.21. The Morgan fingerprint density at radius 2 is 2.11 bits per heavy atom. The minimum absolute atomic E-state index is 0.0615. The largest absolute Gasteiger partial charge is 0.343 e. The highest BCUT2D eigenvalue weighted by atomic mass is 16.2. The van der Waals surface area contributed by atoms with Gasteiger partial charge < -0.3 is 9.88 Å². The van der Waals surface area contributed by atoms with Crippen molar-refractivity contribution in [3.05, 3.63) is 60.1 Å². The molecule has 7 nitrogen and oxygen atoms in total. The number of aromatic amines is 1. The van der Waals surface area contributed by atoms with Crippen molar-refractivity contribution in [2.24, 2.45) is 5.92 Å². The zero-order valence-electron chi connectivity index (χ0n) is 15.3. The minimum atomic E-state index is 0.0615. The average Bonchev–Trinajstić information content (AvgIpc) is 3.24. The Balaban J connectivity index is 1.39. The van der Waals surface area contributed by atoms with E-state index in [4.69, 9.17) is 0 Å². The van der Waals surface area contributed by atoms with Crippen molar-refractivity contribution in [3.63, 3.8) is 0 Å². The lowest BCUT2D eigenvalue weighted by molar-refractivity contribution is 0.0672. The topological polar surface area (TPSA) is 87.7 Å². The Labute approximate surface area is 157 Å². The van der Waals surface area contributed by atoms with Crippen molar-refractivity contribution in [2.75, 3.05) is 13.1 Å². The number of aromatic nitrogens is 5. The summed E-state index contributed by atoms with van der Waals surface area (Å²) < 4.78 is 0. The minimum Gasteiger partial charge on any atom is -0.343 e. The van der Waals surface area contributed by atoms with Crippen LogP contribution in [0.2, 0.25) is 0 Å². The van der Waals surface area contributed by atoms with Crippen LogP contribution in [0.1, 0.15) is 34.6 Å². The van der Waals surface area contributed by atoms with E-state index in [-0.39, 0.29) is 5.91 Å². The number of imidazole rings is 1. The summed E-state index contributed by atoms with van der Waals surface area (Å²) in [6.07, 6.45) is 11.6. The normalized spacial score (nSPS) is 17.1. The lowest BCUT2D eigenvalue weighted by atomic mass is 9.93. The summed E-state index contributed by atoms with van der Waals surface area (Å²) in [5.74, 6) is 1.17. The monoisotopic (exact) mass is 362 g/mol. The fourth-order valence-electron chi connectivity index (χ4n) is 3.48. The van der Waals surface area contributed by atoms with Gasteiger partial charge in [-0.15, -0.1) is 0 Å². The number of hydrogen-bond donors (Lipinski definition) is 1. The quantitative estimate of drug-likeness (QED) is 0.771. The van der Waals surface area contributed by atoms with Crippen LogP contribution in [0.15, 0.2) is 43.1 Å². The van der Waals surface area contributed by atoms with Gasteiger partial charge in [-0.2, -0.15) is 0 Å². The van der Waals surface area contributed by atoms with Gasteiger partial charge >= 0.3 is 0 Å². The number of H-pyrrole nitrogens is 1. The summed E-state index contributed by atoms with van der Waals surface area (Å²) >= 11 is 0. The molecule has 1 N–H and O–H groups in total. The van der Waals surface area contributed by atoms with E-state index in [0.717, 1.165) is 55.3 Å². The Morgan fingerprint density at radius 3 is 2.81 bits per heavy atom. The predicted octanol–water partition coefficient (Wildman–Crippen LogP) is 2.67. The summed E-state index contributed by atoms with van der Waals surface area (Å²) in [5, 5.41) is 0. The molecule has 0 aliphatic carbocycles. The molecule has 1 fully saturated rings. The van der Waals surface area contributed by atoms with Gasteiger partial charge in [-0.1, -0.05) is 0 Å². The molecule has 4 heterocycles. The van der Waals surface area contributed by atoms with Crippen LogP contribution in [-0.2, 0) is 6.42 Å². The summed E-state index contributed by atoms with van der Waals surface area (Å²) in [7, 11) is 0. The van der Waals surface area contributed by atoms with Crippen molar-refractivity contribution in [3.8, 4) is 11.5 Å². The highest BCUT2D eigenvalue weighted by Crippen LogP contribution is 2.22. The van der Waals surface area contributed by atoms with Gasteiger partial charge in [0, 0.05) is 43.6 Å². The third kappa shape index (κ3) is 4.02. The number of carbonyl (C=O) groups is 1. The van der Waals surface area contributed by atoms with Crippen molar-refractivity contribution < 1.29 is 4.79 Å². The lowest BCUT2D eigenvalue weighted by Gasteiger charge is -2.32. The number of nitrogens with one attached hydrogen (secondary N) is 1. The molecular formula is C20H22N6O. The Bertz CT molecular complexity index is 889. The van der Waals surface area contributed by atoms with Gasteiger partial charge in [-0.25, -0.2) is 9.97 Å². The van der Waals surface area contributed by atoms with Gasteiger partial charge in [-0.05, 0) is 44.2 Å². The first-order chi connectivity index (χ1) is 13.2. The third-order valence-corrected chi connectivity index (χ3v) is 4.91. The number of rotatable bonds is 4. The number of piperidine rings is 1. The number of likely N-dealkylation sites (tertiary alicyclic amines) is 1. The van der Waals surface area contributed by atoms with E-state index >= 15 is 0 Å². The molecule has 3 aromatic rings. The molecule has 138 valence electrons. The summed E-state index contributed by atoms with van der Waals surface area (Å²) in [4.78, 5) is 35.1. The third-order valence-electron chi connectivity index (χ3n) is 4.91. The summed E-state index contributed by atoms with van der Waals surface area (Å²) in [6, 6.07) is 3.73. The number of carbonyl (C=O) groups excluding carboxylic acids is 1. The van der Waals surface area contributed by atoms with E-state index in [2.05, 4.69) is 24.9 Å². The number of amides is 1. The number of aryl methyl sites for hydroxylation is 1. The molecule has 1 atom stereocenters. The van der Waals surface area contributed by atoms with Crippen LogP contribution in [-0.4, -0.2) is 48.8 Å². The standard InChI is InChI=1S/C20H22N6O/c1-14-4-5-16(10-23-14)20(27)26-8-2-3-15(13-26)9-17-11-25-18(12-24-17)19-21-6-7-22-19/h4-7,10-12,15H,2-3,8-9,13H2,1H3,(H,21,22). The van der Waals surface area contributed by atoms with E-state index in [1.54, 1.807) is 24.8 Å². The van der Waals surface area contributed by atoms with Crippen LogP contribution in [0.3, 0.4) is 0 Å². The van der Waals surface area contributed by atoms with Crippen molar-refractivity contribution >= 4 is 5.91 Å². The zero-order valence-corrected chi connectivity index (χ0v) is 15.3. The second-order valence-electron chi connectivity index (χ2n) is 6.98. The molecule has 0 radical (unpaired) electrons. The molecule has 1 aliphatic rings. The first-order valence-corrected chi connectivity index (χ1v) is 9.21. The smallest absolute Gasteiger partial charge is 0.255 e. The van der Waals surface area contributed by atoms with Crippen LogP contribution in [0.25, 0.3) is 11.5 Å². The van der Waals surface area contributed by atoms with Gasteiger partial charge in [0.1, 0.15) is 5.69 Å². The molecule has 0 bridgehead atoms. The van der Waals surface area contributed by atoms with Crippen LogP contribution in [0, 0.1) is 12.8 Å². The molecule has 4 rings (SSSR count). The van der Waals surface area contributed by atoms with E-state index in [1.165, 1.54) is 0 Å². The number of nitrogens with zero attached hydrogens (tertiary/aromatic N) is 5. The maximum absolute atomic E-state index is 12.7. The van der Waals surface area contributed by atoms with Crippen molar-refractivity contribution in [1.82, 2.24) is 29.8 Å². The fourth-order valence-corrected chi connectivity index (χ4v) is 3.48. The van der Waals surface area contributed by atoms with Crippen LogP contribution >= 0.6 is 0 Å². The molecule has 1 unspecified atom stereocenters. The molecule has 27 heavy (non-hydrogen) atoms. The Morgan fingerprint density at radius 1 is 1.19 bits per heavy atom. The van der Waals surface area contributed by atoms with Crippen LogP contribution in [0.4, 0.5) is 0 Å². The highest BCUT2D eigenvalue weighted by molar-refractivity contribution is 5.94. The maximum Gasteiger partial charge on any atom is 0.255 e. The number of pyridine rings is 1. The fraction of sp³-hybridized carbons (Fsp3) is 0.350. The summed E-state index contributed by atoms with van der Waals surface area (Å²) in [6.45, 7) is 3.46. The Hall–Kier alpha value is -3.09. The molecule has 0 spiro atoms. The van der Waals surface area contributed by atoms with Crippen molar-refractivity contribution in [1.29, 1.82) is 0 Å². The molecule has 1 aliphatic heterocycles. The van der Waals surface area contributed by atoms with Gasteiger partial charge in [0.05, 0.1) is 17.5 Å². The van der Waals surface area contributed by atoms with E-state index in [0.29, 0.717) is 11.5 Å². The molecule has 1 saturated heterocycles. The van der Waals surface area contributed by atoms with Gasteiger partial charge in [0.25, 0.3) is 5.91 Å². The molecule has 0 saturated carbocycles. The number of hydrogen-bond acceptors (Lipinski definition) is 5. The molecule has 3 aromatic heterocycles. The molecule has 7 heteroatoms. The molecule has 1 amide bonds. The zero-order chi connectivity index (χ0) is 18.6.